The molecule has 0 bridgehead atoms. The molecule has 1 aliphatic rings. The first-order valence-electron chi connectivity index (χ1n) is 10.9. The van der Waals surface area contributed by atoms with E-state index >= 15 is 0 Å². The predicted octanol–water partition coefficient (Wildman–Crippen LogP) is 4.99. The third-order valence-corrected chi connectivity index (χ3v) is 7.17. The van der Waals surface area contributed by atoms with Gasteiger partial charge in [0.15, 0.2) is 0 Å². The SMILES string of the molecule is O=C(O)/C=C(/C(=O)O)N1CCO[C@H]([C@@H](Sc2ncccc2-c2ccc(Cl)cc2)c2ccccc2)C1. The molecule has 0 saturated carbocycles. The molecular weight excluding hydrogens is 488 g/mol. The van der Waals surface area contributed by atoms with Crippen molar-refractivity contribution in [2.24, 2.45) is 0 Å². The van der Waals surface area contributed by atoms with E-state index in [0.29, 0.717) is 5.02 Å². The van der Waals surface area contributed by atoms with Crippen LogP contribution in [-0.2, 0) is 14.3 Å². The number of benzene rings is 2. The molecule has 3 aromatic rings. The van der Waals surface area contributed by atoms with Crippen LogP contribution in [0.1, 0.15) is 10.8 Å². The number of ether oxygens (including phenoxy) is 1. The third kappa shape index (κ3) is 6.22. The Morgan fingerprint density at radius 2 is 1.83 bits per heavy atom. The molecule has 7 nitrogen and oxygen atoms in total. The standard InChI is InChI=1S/C26H23ClN2O5S/c27-19-10-8-17(9-11-19)20-7-4-12-28-25(20)35-24(18-5-2-1-3-6-18)22-16-29(13-14-34-22)21(26(32)33)15-23(30)31/h1-12,15,22,24H,13-14,16H2,(H,30,31)(H,32,33)/b21-15-/t22-,24-/m0/s1. The molecule has 2 aromatic carbocycles. The quantitative estimate of drug-likeness (QED) is 0.323. The van der Waals surface area contributed by atoms with Crippen LogP contribution < -0.4 is 0 Å². The van der Waals surface area contributed by atoms with Gasteiger partial charge in [-0.05, 0) is 29.3 Å². The highest BCUT2D eigenvalue weighted by Crippen LogP contribution is 2.43. The average Bonchev–Trinajstić information content (AvgIpc) is 2.87. The monoisotopic (exact) mass is 510 g/mol. The number of carboxylic acids is 2. The summed E-state index contributed by atoms with van der Waals surface area (Å²) in [4.78, 5) is 29.2. The number of nitrogens with zero attached hydrogens (tertiary/aromatic N) is 2. The van der Waals surface area contributed by atoms with Gasteiger partial charge in [-0.1, -0.05) is 71.9 Å². The van der Waals surface area contributed by atoms with E-state index in [-0.39, 0.29) is 30.6 Å². The number of hydrogen-bond acceptors (Lipinski definition) is 6. The second-order valence-corrected chi connectivity index (χ2v) is 9.41. The summed E-state index contributed by atoms with van der Waals surface area (Å²) in [7, 11) is 0. The lowest BCUT2D eigenvalue weighted by atomic mass is 10.1. The van der Waals surface area contributed by atoms with Gasteiger partial charge in [0.25, 0.3) is 0 Å². The Labute approximate surface area is 212 Å². The maximum atomic E-state index is 11.8. The van der Waals surface area contributed by atoms with Crippen molar-refractivity contribution in [3.05, 3.63) is 95.3 Å². The second kappa shape index (κ2) is 11.4. The molecule has 0 amide bonds. The van der Waals surface area contributed by atoms with Crippen LogP contribution in [0.4, 0.5) is 0 Å². The van der Waals surface area contributed by atoms with Crippen molar-refractivity contribution in [2.45, 2.75) is 16.4 Å². The minimum atomic E-state index is -1.31. The fraction of sp³-hybridized carbons (Fsp3) is 0.192. The largest absolute Gasteiger partial charge is 0.478 e. The summed E-state index contributed by atoms with van der Waals surface area (Å²) in [5, 5.41) is 20.0. The molecule has 9 heteroatoms. The molecule has 1 saturated heterocycles. The lowest BCUT2D eigenvalue weighted by molar-refractivity contribution is -0.137. The van der Waals surface area contributed by atoms with Crippen molar-refractivity contribution in [1.82, 2.24) is 9.88 Å². The number of carboxylic acid groups (broad SMARTS) is 2. The molecule has 2 atom stereocenters. The molecule has 1 aromatic heterocycles. The Hall–Kier alpha value is -3.33. The van der Waals surface area contributed by atoms with Gasteiger partial charge >= 0.3 is 11.9 Å². The first kappa shape index (κ1) is 24.8. The molecule has 1 aliphatic heterocycles. The topological polar surface area (TPSA) is 100.0 Å². The minimum absolute atomic E-state index is 0.222. The zero-order chi connectivity index (χ0) is 24.8. The van der Waals surface area contributed by atoms with Gasteiger partial charge in [-0.3, -0.25) is 0 Å². The van der Waals surface area contributed by atoms with Crippen LogP contribution in [0.2, 0.25) is 5.02 Å². The number of hydrogen-bond donors (Lipinski definition) is 2. The van der Waals surface area contributed by atoms with Crippen molar-refractivity contribution >= 4 is 35.3 Å². The molecular formula is C26H23ClN2O5S. The highest BCUT2D eigenvalue weighted by molar-refractivity contribution is 7.99. The molecule has 180 valence electrons. The van der Waals surface area contributed by atoms with E-state index in [1.807, 2.05) is 66.7 Å². The second-order valence-electron chi connectivity index (χ2n) is 7.84. The van der Waals surface area contributed by atoms with Gasteiger partial charge < -0.3 is 19.8 Å². The van der Waals surface area contributed by atoms with E-state index in [4.69, 9.17) is 21.4 Å². The molecule has 0 spiro atoms. The van der Waals surface area contributed by atoms with Crippen LogP contribution >= 0.6 is 23.4 Å². The van der Waals surface area contributed by atoms with E-state index in [9.17, 15) is 14.7 Å². The molecule has 0 aliphatic carbocycles. The number of rotatable bonds is 8. The van der Waals surface area contributed by atoms with Crippen LogP contribution in [0.25, 0.3) is 11.1 Å². The summed E-state index contributed by atoms with van der Waals surface area (Å²) >= 11 is 7.60. The van der Waals surface area contributed by atoms with Crippen LogP contribution in [0.5, 0.6) is 0 Å². The molecule has 4 rings (SSSR count). The summed E-state index contributed by atoms with van der Waals surface area (Å²) < 4.78 is 6.12. The van der Waals surface area contributed by atoms with Gasteiger partial charge in [0.1, 0.15) is 10.7 Å². The molecule has 2 heterocycles. The summed E-state index contributed by atoms with van der Waals surface area (Å²) in [5.74, 6) is -2.59. The molecule has 0 unspecified atom stereocenters. The fourth-order valence-corrected chi connectivity index (χ4v) is 5.35. The van der Waals surface area contributed by atoms with Crippen molar-refractivity contribution < 1.29 is 24.5 Å². The van der Waals surface area contributed by atoms with Crippen molar-refractivity contribution in [3.8, 4) is 11.1 Å². The zero-order valence-electron chi connectivity index (χ0n) is 18.6. The number of aliphatic carboxylic acids is 2. The van der Waals surface area contributed by atoms with Gasteiger partial charge in [-0.15, -0.1) is 0 Å². The molecule has 0 radical (unpaired) electrons. The van der Waals surface area contributed by atoms with E-state index in [2.05, 4.69) is 4.98 Å². The van der Waals surface area contributed by atoms with Crippen molar-refractivity contribution in [3.63, 3.8) is 0 Å². The van der Waals surface area contributed by atoms with E-state index in [0.717, 1.165) is 27.8 Å². The lowest BCUT2D eigenvalue weighted by Gasteiger charge is -2.38. The Morgan fingerprint density at radius 1 is 1.09 bits per heavy atom. The highest BCUT2D eigenvalue weighted by Gasteiger charge is 2.33. The van der Waals surface area contributed by atoms with Gasteiger partial charge in [0, 0.05) is 29.9 Å². The summed E-state index contributed by atoms with van der Waals surface area (Å²) in [6.45, 7) is 0.778. The smallest absolute Gasteiger partial charge is 0.352 e. The van der Waals surface area contributed by atoms with Crippen LogP contribution in [0.15, 0.2) is 89.7 Å². The average molecular weight is 511 g/mol. The molecule has 2 N–H and O–H groups in total. The number of aromatic nitrogens is 1. The fourth-order valence-electron chi connectivity index (χ4n) is 3.94. The van der Waals surface area contributed by atoms with Crippen LogP contribution in [0.3, 0.4) is 0 Å². The van der Waals surface area contributed by atoms with E-state index < -0.39 is 18.0 Å². The van der Waals surface area contributed by atoms with Crippen LogP contribution in [0, 0.1) is 0 Å². The number of thioether (sulfide) groups is 1. The van der Waals surface area contributed by atoms with Gasteiger partial charge in [-0.2, -0.15) is 0 Å². The number of morpholine rings is 1. The number of pyridine rings is 1. The first-order chi connectivity index (χ1) is 16.9. The van der Waals surface area contributed by atoms with Crippen molar-refractivity contribution in [1.29, 1.82) is 0 Å². The summed E-state index contributed by atoms with van der Waals surface area (Å²) in [5.41, 5.74) is 2.65. The molecule has 35 heavy (non-hydrogen) atoms. The maximum absolute atomic E-state index is 11.8. The normalized spacial score (nSPS) is 17.1. The van der Waals surface area contributed by atoms with E-state index in [1.54, 1.807) is 11.1 Å². The lowest BCUT2D eigenvalue weighted by Crippen LogP contribution is -2.45. The van der Waals surface area contributed by atoms with Crippen LogP contribution in [-0.4, -0.2) is 57.8 Å². The summed E-state index contributed by atoms with van der Waals surface area (Å²) in [6.07, 6.45) is 2.05. The Morgan fingerprint density at radius 3 is 2.51 bits per heavy atom. The summed E-state index contributed by atoms with van der Waals surface area (Å²) in [6, 6.07) is 21.2. The van der Waals surface area contributed by atoms with Gasteiger partial charge in [-0.25, -0.2) is 14.6 Å². The number of carbonyl (C=O) groups is 2. The zero-order valence-corrected chi connectivity index (χ0v) is 20.2. The Kier molecular flexibility index (Phi) is 8.07. The van der Waals surface area contributed by atoms with E-state index in [1.165, 1.54) is 11.8 Å². The minimum Gasteiger partial charge on any atom is -0.478 e. The Bertz CT molecular complexity index is 1220. The van der Waals surface area contributed by atoms with Crippen molar-refractivity contribution in [2.75, 3.05) is 19.7 Å². The first-order valence-corrected chi connectivity index (χ1v) is 12.1. The maximum Gasteiger partial charge on any atom is 0.352 e. The molecule has 1 fully saturated rings. The van der Waals surface area contributed by atoms with Gasteiger partial charge in [0.05, 0.1) is 24.0 Å². The van der Waals surface area contributed by atoms with Gasteiger partial charge in [0.2, 0.25) is 0 Å². The Balaban J connectivity index is 1.68. The third-order valence-electron chi connectivity index (χ3n) is 5.54. The number of halogens is 1. The predicted molar refractivity (Wildman–Crippen MR) is 134 cm³/mol. The highest BCUT2D eigenvalue weighted by atomic mass is 35.5.